The summed E-state index contributed by atoms with van der Waals surface area (Å²) in [6, 6.07) is 1.02. The van der Waals surface area contributed by atoms with Crippen molar-refractivity contribution < 1.29 is 13.2 Å². The van der Waals surface area contributed by atoms with Gasteiger partial charge in [0.15, 0.2) is 5.82 Å². The van der Waals surface area contributed by atoms with Crippen molar-refractivity contribution in [2.24, 2.45) is 0 Å². The number of halogens is 3. The normalized spacial score (nSPS) is 10.5. The molecule has 0 unspecified atom stereocenters. The van der Waals surface area contributed by atoms with Gasteiger partial charge in [0.05, 0.1) is 5.56 Å². The summed E-state index contributed by atoms with van der Waals surface area (Å²) >= 11 is 0. The van der Waals surface area contributed by atoms with Gasteiger partial charge in [0.1, 0.15) is 17.5 Å². The Hall–Kier alpha value is -2.38. The van der Waals surface area contributed by atoms with E-state index in [0.29, 0.717) is 12.1 Å². The monoisotopic (exact) mass is 241 g/mol. The highest BCUT2D eigenvalue weighted by Crippen LogP contribution is 2.24. The van der Waals surface area contributed by atoms with E-state index in [1.165, 1.54) is 0 Å². The summed E-state index contributed by atoms with van der Waals surface area (Å²) in [6.07, 6.45) is 0. The lowest BCUT2D eigenvalue weighted by atomic mass is 10.2. The molecule has 0 amide bonds. The van der Waals surface area contributed by atoms with Crippen LogP contribution in [0.2, 0.25) is 0 Å². The van der Waals surface area contributed by atoms with E-state index < -0.39 is 23.0 Å². The van der Waals surface area contributed by atoms with Gasteiger partial charge in [-0.25, -0.2) is 13.2 Å². The largest absolute Gasteiger partial charge is 0.368 e. The molecular weight excluding hydrogens is 235 g/mol. The molecule has 0 bridgehead atoms. The third-order valence-electron chi connectivity index (χ3n) is 1.90. The first kappa shape index (κ1) is 11.1. The van der Waals surface area contributed by atoms with Gasteiger partial charge in [-0.2, -0.15) is 15.0 Å². The van der Waals surface area contributed by atoms with E-state index in [0.717, 1.165) is 0 Å². The highest BCUT2D eigenvalue weighted by Gasteiger charge is 2.17. The van der Waals surface area contributed by atoms with Crippen molar-refractivity contribution in [2.45, 2.75) is 0 Å². The minimum Gasteiger partial charge on any atom is -0.368 e. The van der Waals surface area contributed by atoms with Crippen molar-refractivity contribution in [3.05, 3.63) is 29.6 Å². The second kappa shape index (κ2) is 3.89. The molecule has 5 nitrogen and oxygen atoms in total. The van der Waals surface area contributed by atoms with E-state index in [1.54, 1.807) is 0 Å². The number of nitrogens with two attached hydrogens (primary N) is 2. The first-order chi connectivity index (χ1) is 7.97. The average molecular weight is 241 g/mol. The predicted molar refractivity (Wildman–Crippen MR) is 54.0 cm³/mol. The van der Waals surface area contributed by atoms with Crippen molar-refractivity contribution in [1.82, 2.24) is 15.0 Å². The van der Waals surface area contributed by atoms with Crippen molar-refractivity contribution in [3.63, 3.8) is 0 Å². The topological polar surface area (TPSA) is 90.7 Å². The van der Waals surface area contributed by atoms with Crippen LogP contribution in [0, 0.1) is 17.5 Å². The molecule has 0 saturated carbocycles. The predicted octanol–water partition coefficient (Wildman–Crippen LogP) is 1.12. The van der Waals surface area contributed by atoms with Crippen LogP contribution in [0.1, 0.15) is 0 Å². The summed E-state index contributed by atoms with van der Waals surface area (Å²) in [5, 5.41) is 0. The third kappa shape index (κ3) is 2.10. The fourth-order valence-electron chi connectivity index (χ4n) is 1.28. The molecule has 1 aromatic heterocycles. The van der Waals surface area contributed by atoms with Crippen molar-refractivity contribution in [2.75, 3.05) is 11.5 Å². The Morgan fingerprint density at radius 2 is 1.29 bits per heavy atom. The van der Waals surface area contributed by atoms with E-state index >= 15 is 0 Å². The molecule has 2 aromatic rings. The van der Waals surface area contributed by atoms with E-state index in [4.69, 9.17) is 11.5 Å². The number of nitrogen functional groups attached to an aromatic ring is 2. The molecule has 8 heteroatoms. The molecule has 1 aromatic carbocycles. The van der Waals surface area contributed by atoms with Crippen LogP contribution in [-0.2, 0) is 0 Å². The molecule has 0 fully saturated rings. The highest BCUT2D eigenvalue weighted by atomic mass is 19.1. The van der Waals surface area contributed by atoms with Crippen LogP contribution in [0.5, 0.6) is 0 Å². The van der Waals surface area contributed by atoms with Crippen molar-refractivity contribution in [3.8, 4) is 11.4 Å². The van der Waals surface area contributed by atoms with Crippen LogP contribution < -0.4 is 11.5 Å². The second-order valence-corrected chi connectivity index (χ2v) is 3.12. The Labute approximate surface area is 93.3 Å². The Balaban J connectivity index is 2.68. The molecule has 0 atom stereocenters. The maximum atomic E-state index is 13.4. The lowest BCUT2D eigenvalue weighted by molar-refractivity contribution is 0.546. The Bertz CT molecular complexity index is 544. The van der Waals surface area contributed by atoms with Crippen molar-refractivity contribution >= 4 is 11.9 Å². The van der Waals surface area contributed by atoms with E-state index in [9.17, 15) is 13.2 Å². The maximum absolute atomic E-state index is 13.4. The van der Waals surface area contributed by atoms with Crippen LogP contribution >= 0.6 is 0 Å². The summed E-state index contributed by atoms with van der Waals surface area (Å²) in [5.41, 5.74) is 9.93. The Morgan fingerprint density at radius 1 is 0.824 bits per heavy atom. The minimum absolute atomic E-state index is 0.282. The molecule has 2 rings (SSSR count). The zero-order valence-electron chi connectivity index (χ0n) is 8.28. The van der Waals surface area contributed by atoms with E-state index in [1.807, 2.05) is 0 Å². The van der Waals surface area contributed by atoms with Gasteiger partial charge in [0.25, 0.3) is 0 Å². The van der Waals surface area contributed by atoms with Crippen LogP contribution in [-0.4, -0.2) is 15.0 Å². The van der Waals surface area contributed by atoms with Gasteiger partial charge >= 0.3 is 0 Å². The number of anilines is 2. The first-order valence-corrected chi connectivity index (χ1v) is 4.39. The number of hydrogen-bond donors (Lipinski definition) is 2. The zero-order chi connectivity index (χ0) is 12.6. The Kier molecular flexibility index (Phi) is 2.54. The van der Waals surface area contributed by atoms with Crippen LogP contribution in [0.25, 0.3) is 11.4 Å². The molecule has 0 aliphatic carbocycles. The number of aromatic nitrogens is 3. The molecular formula is C9H6F3N5. The average Bonchev–Trinajstić information content (AvgIpc) is 2.13. The molecule has 1 heterocycles. The Morgan fingerprint density at radius 3 is 1.76 bits per heavy atom. The summed E-state index contributed by atoms with van der Waals surface area (Å²) < 4.78 is 39.5. The lowest BCUT2D eigenvalue weighted by Crippen LogP contribution is -2.06. The summed E-state index contributed by atoms with van der Waals surface area (Å²) in [6.45, 7) is 0. The molecule has 0 radical (unpaired) electrons. The molecule has 0 aliphatic heterocycles. The second-order valence-electron chi connectivity index (χ2n) is 3.12. The van der Waals surface area contributed by atoms with Gasteiger partial charge in [-0.3, -0.25) is 0 Å². The molecule has 88 valence electrons. The van der Waals surface area contributed by atoms with Gasteiger partial charge in [-0.1, -0.05) is 0 Å². The summed E-state index contributed by atoms with van der Waals surface area (Å²) in [4.78, 5) is 10.5. The third-order valence-corrected chi connectivity index (χ3v) is 1.90. The van der Waals surface area contributed by atoms with Gasteiger partial charge in [0.2, 0.25) is 11.9 Å². The van der Waals surface area contributed by atoms with Gasteiger partial charge in [-0.15, -0.1) is 0 Å². The quantitative estimate of drug-likeness (QED) is 0.780. The SMILES string of the molecule is Nc1nc(N)nc(-c2c(F)cc(F)cc2F)n1. The fraction of sp³-hybridized carbons (Fsp3) is 0. The smallest absolute Gasteiger partial charge is 0.225 e. The van der Waals surface area contributed by atoms with E-state index in [2.05, 4.69) is 15.0 Å². The number of nitrogens with zero attached hydrogens (tertiary/aromatic N) is 3. The van der Waals surface area contributed by atoms with Gasteiger partial charge in [-0.05, 0) is 0 Å². The lowest BCUT2D eigenvalue weighted by Gasteiger charge is -2.05. The molecule has 17 heavy (non-hydrogen) atoms. The van der Waals surface area contributed by atoms with Crippen LogP contribution in [0.3, 0.4) is 0 Å². The number of hydrogen-bond acceptors (Lipinski definition) is 5. The molecule has 0 aliphatic rings. The summed E-state index contributed by atoms with van der Waals surface area (Å²) in [7, 11) is 0. The van der Waals surface area contributed by atoms with Crippen molar-refractivity contribution in [1.29, 1.82) is 0 Å². The highest BCUT2D eigenvalue weighted by molar-refractivity contribution is 5.58. The van der Waals surface area contributed by atoms with Gasteiger partial charge in [0, 0.05) is 12.1 Å². The summed E-state index contributed by atoms with van der Waals surface area (Å²) in [5.74, 6) is -4.28. The van der Waals surface area contributed by atoms with Gasteiger partial charge < -0.3 is 11.5 Å². The molecule has 4 N–H and O–H groups in total. The maximum Gasteiger partial charge on any atom is 0.225 e. The van der Waals surface area contributed by atoms with Crippen LogP contribution in [0.15, 0.2) is 12.1 Å². The number of benzene rings is 1. The molecule has 0 spiro atoms. The van der Waals surface area contributed by atoms with E-state index in [-0.39, 0.29) is 17.7 Å². The number of rotatable bonds is 1. The first-order valence-electron chi connectivity index (χ1n) is 4.39. The standard InChI is InChI=1S/C9H6F3N5/c10-3-1-4(11)6(5(12)2-3)7-15-8(13)17-9(14)16-7/h1-2H,(H4,13,14,15,16,17). The fourth-order valence-corrected chi connectivity index (χ4v) is 1.28. The molecule has 0 saturated heterocycles. The zero-order valence-corrected chi connectivity index (χ0v) is 8.28. The van der Waals surface area contributed by atoms with Crippen LogP contribution in [0.4, 0.5) is 25.1 Å². The minimum atomic E-state index is -1.15.